The summed E-state index contributed by atoms with van der Waals surface area (Å²) in [5.74, 6) is 3.02. The Balaban J connectivity index is 1.34. The lowest BCUT2D eigenvalue weighted by Gasteiger charge is -2.29. The van der Waals surface area contributed by atoms with Crippen molar-refractivity contribution >= 4 is 0 Å². The molecule has 1 heteroatoms. The molecule has 0 spiro atoms. The Morgan fingerprint density at radius 1 is 0.636 bits per heavy atom. The summed E-state index contributed by atoms with van der Waals surface area (Å²) >= 11 is 0. The molecule has 2 saturated carbocycles. The molecule has 0 N–H and O–H groups in total. The lowest BCUT2D eigenvalue weighted by molar-refractivity contribution is 0.302. The van der Waals surface area contributed by atoms with Crippen molar-refractivity contribution in [3.05, 3.63) is 59.4 Å². The highest BCUT2D eigenvalue weighted by atomic mass is 19.1. The van der Waals surface area contributed by atoms with Gasteiger partial charge in [-0.1, -0.05) is 88.8 Å². The summed E-state index contributed by atoms with van der Waals surface area (Å²) < 4.78 is 15.1. The summed E-state index contributed by atoms with van der Waals surface area (Å²) in [6, 6.07) is 14.9. The Kier molecular flexibility index (Phi) is 9.04. The van der Waals surface area contributed by atoms with E-state index in [4.69, 9.17) is 0 Å². The highest BCUT2D eigenvalue weighted by molar-refractivity contribution is 5.65. The van der Waals surface area contributed by atoms with Crippen LogP contribution in [0, 0.1) is 17.7 Å². The van der Waals surface area contributed by atoms with E-state index in [1.807, 2.05) is 12.1 Å². The molecule has 0 saturated heterocycles. The average molecular weight is 449 g/mol. The standard InChI is InChI=1S/C32H45F/c1-3-5-6-8-25-11-15-28(16-12-25)30-21-22-31(32(33)23-30)29-19-17-27(18-20-29)26-13-9-24(7-4-2)10-14-26/h17-26,28H,3-16H2,1-2H3. The molecule has 2 aromatic rings. The Bertz CT molecular complexity index is 835. The maximum atomic E-state index is 15.1. The molecule has 0 amide bonds. The number of rotatable bonds is 9. The summed E-state index contributed by atoms with van der Waals surface area (Å²) in [5, 5.41) is 0. The third-order valence-electron chi connectivity index (χ3n) is 8.76. The van der Waals surface area contributed by atoms with E-state index >= 15 is 4.39 Å². The number of halogens is 1. The molecule has 0 aliphatic heterocycles. The van der Waals surface area contributed by atoms with E-state index in [1.54, 1.807) is 0 Å². The number of hydrogen-bond acceptors (Lipinski definition) is 0. The molecule has 0 heterocycles. The summed E-state index contributed by atoms with van der Waals surface area (Å²) in [5.41, 5.74) is 4.43. The predicted molar refractivity (Wildman–Crippen MR) is 140 cm³/mol. The molecular weight excluding hydrogens is 403 g/mol. The zero-order valence-electron chi connectivity index (χ0n) is 21.1. The molecule has 2 aliphatic carbocycles. The minimum atomic E-state index is -0.0506. The largest absolute Gasteiger partial charge is 0.206 e. The molecule has 0 aromatic heterocycles. The monoisotopic (exact) mass is 448 g/mol. The molecule has 2 fully saturated rings. The molecule has 180 valence electrons. The zero-order valence-corrected chi connectivity index (χ0v) is 21.1. The van der Waals surface area contributed by atoms with Crippen LogP contribution in [0.25, 0.3) is 11.1 Å². The minimum Gasteiger partial charge on any atom is -0.206 e. The van der Waals surface area contributed by atoms with E-state index in [0.29, 0.717) is 11.8 Å². The van der Waals surface area contributed by atoms with Gasteiger partial charge in [0.25, 0.3) is 0 Å². The third kappa shape index (κ3) is 6.49. The van der Waals surface area contributed by atoms with Gasteiger partial charge in [-0.25, -0.2) is 4.39 Å². The van der Waals surface area contributed by atoms with Gasteiger partial charge in [0.2, 0.25) is 0 Å². The van der Waals surface area contributed by atoms with Crippen LogP contribution in [0.4, 0.5) is 4.39 Å². The molecule has 4 rings (SSSR count). The average Bonchev–Trinajstić information content (AvgIpc) is 2.85. The van der Waals surface area contributed by atoms with Crippen LogP contribution in [0.2, 0.25) is 0 Å². The first-order valence-electron chi connectivity index (χ1n) is 14.1. The van der Waals surface area contributed by atoms with Crippen LogP contribution in [-0.4, -0.2) is 0 Å². The van der Waals surface area contributed by atoms with E-state index in [1.165, 1.54) is 101 Å². The van der Waals surface area contributed by atoms with Gasteiger partial charge in [-0.2, -0.15) is 0 Å². The van der Waals surface area contributed by atoms with Gasteiger partial charge in [-0.05, 0) is 97.8 Å². The molecule has 0 unspecified atom stereocenters. The summed E-state index contributed by atoms with van der Waals surface area (Å²) in [7, 11) is 0. The van der Waals surface area contributed by atoms with Crippen LogP contribution >= 0.6 is 0 Å². The summed E-state index contributed by atoms with van der Waals surface area (Å²) in [4.78, 5) is 0. The van der Waals surface area contributed by atoms with Gasteiger partial charge in [-0.15, -0.1) is 0 Å². The fraction of sp³-hybridized carbons (Fsp3) is 0.625. The quantitative estimate of drug-likeness (QED) is 0.335. The van der Waals surface area contributed by atoms with Crippen LogP contribution in [0.15, 0.2) is 42.5 Å². The lowest BCUT2D eigenvalue weighted by Crippen LogP contribution is -2.13. The second-order valence-corrected chi connectivity index (χ2v) is 11.1. The summed E-state index contributed by atoms with van der Waals surface area (Å²) in [6.45, 7) is 4.58. The van der Waals surface area contributed by atoms with Crippen molar-refractivity contribution in [1.29, 1.82) is 0 Å². The van der Waals surface area contributed by atoms with Gasteiger partial charge < -0.3 is 0 Å². The maximum Gasteiger partial charge on any atom is 0.131 e. The SMILES string of the molecule is CCCCCC1CCC(c2ccc(-c3ccc(C4CCC(CCC)CC4)cc3)c(F)c2)CC1. The molecule has 2 aromatic carbocycles. The molecule has 0 bridgehead atoms. The Morgan fingerprint density at radius 3 is 1.79 bits per heavy atom. The third-order valence-corrected chi connectivity index (χ3v) is 8.76. The van der Waals surface area contributed by atoms with Crippen molar-refractivity contribution < 1.29 is 4.39 Å². The first kappa shape index (κ1) is 24.5. The van der Waals surface area contributed by atoms with Crippen molar-refractivity contribution in [2.45, 2.75) is 116 Å². The van der Waals surface area contributed by atoms with Crippen LogP contribution in [-0.2, 0) is 0 Å². The van der Waals surface area contributed by atoms with Gasteiger partial charge in [0.15, 0.2) is 0 Å². The normalized spacial score (nSPS) is 25.8. The van der Waals surface area contributed by atoms with Gasteiger partial charge in [0.1, 0.15) is 5.82 Å². The highest BCUT2D eigenvalue weighted by Crippen LogP contribution is 2.40. The zero-order chi connectivity index (χ0) is 23.0. The van der Waals surface area contributed by atoms with Crippen molar-refractivity contribution in [1.82, 2.24) is 0 Å². The predicted octanol–water partition coefficient (Wildman–Crippen LogP) is 10.4. The Morgan fingerprint density at radius 2 is 1.21 bits per heavy atom. The molecule has 0 atom stereocenters. The highest BCUT2D eigenvalue weighted by Gasteiger charge is 2.24. The molecular formula is C32H45F. The van der Waals surface area contributed by atoms with Gasteiger partial charge >= 0.3 is 0 Å². The second-order valence-electron chi connectivity index (χ2n) is 11.1. The summed E-state index contributed by atoms with van der Waals surface area (Å²) in [6.07, 6.45) is 18.6. The first-order chi connectivity index (χ1) is 16.2. The number of unbranched alkanes of at least 4 members (excludes halogenated alkanes) is 2. The van der Waals surface area contributed by atoms with Crippen LogP contribution in [0.1, 0.15) is 127 Å². The fourth-order valence-electron chi connectivity index (χ4n) is 6.61. The van der Waals surface area contributed by atoms with Crippen molar-refractivity contribution in [3.63, 3.8) is 0 Å². The second kappa shape index (κ2) is 12.2. The van der Waals surface area contributed by atoms with E-state index in [0.717, 1.165) is 23.0 Å². The van der Waals surface area contributed by atoms with Crippen LogP contribution < -0.4 is 0 Å². The molecule has 2 aliphatic rings. The van der Waals surface area contributed by atoms with Crippen LogP contribution in [0.5, 0.6) is 0 Å². The fourth-order valence-corrected chi connectivity index (χ4v) is 6.61. The van der Waals surface area contributed by atoms with Crippen molar-refractivity contribution in [2.75, 3.05) is 0 Å². The Hall–Kier alpha value is -1.63. The van der Waals surface area contributed by atoms with Gasteiger partial charge in [-0.3, -0.25) is 0 Å². The van der Waals surface area contributed by atoms with E-state index in [2.05, 4.69) is 44.2 Å². The number of hydrogen-bond donors (Lipinski definition) is 0. The number of benzene rings is 2. The minimum absolute atomic E-state index is 0.0506. The topological polar surface area (TPSA) is 0 Å². The van der Waals surface area contributed by atoms with Gasteiger partial charge in [0, 0.05) is 5.56 Å². The molecule has 33 heavy (non-hydrogen) atoms. The van der Waals surface area contributed by atoms with Crippen molar-refractivity contribution in [3.8, 4) is 11.1 Å². The van der Waals surface area contributed by atoms with Gasteiger partial charge in [0.05, 0.1) is 0 Å². The first-order valence-corrected chi connectivity index (χ1v) is 14.1. The smallest absolute Gasteiger partial charge is 0.131 e. The maximum absolute atomic E-state index is 15.1. The van der Waals surface area contributed by atoms with E-state index in [9.17, 15) is 0 Å². The van der Waals surface area contributed by atoms with Crippen molar-refractivity contribution in [2.24, 2.45) is 11.8 Å². The van der Waals surface area contributed by atoms with Crippen LogP contribution in [0.3, 0.4) is 0 Å². The lowest BCUT2D eigenvalue weighted by atomic mass is 9.76. The van der Waals surface area contributed by atoms with E-state index in [-0.39, 0.29) is 5.82 Å². The Labute approximate surface area is 202 Å². The van der Waals surface area contributed by atoms with E-state index < -0.39 is 0 Å². The molecule has 0 nitrogen and oxygen atoms in total. The molecule has 0 radical (unpaired) electrons.